The molecule has 0 unspecified atom stereocenters. The lowest BCUT2D eigenvalue weighted by atomic mass is 10.1. The Morgan fingerprint density at radius 2 is 1.62 bits per heavy atom. The number of nitro benzene ring substituents is 1. The number of rotatable bonds is 11. The van der Waals surface area contributed by atoms with Gasteiger partial charge in [-0.15, -0.1) is 11.8 Å². The van der Waals surface area contributed by atoms with E-state index in [0.29, 0.717) is 16.7 Å². The van der Waals surface area contributed by atoms with Gasteiger partial charge in [0.2, 0.25) is 0 Å². The molecule has 0 aliphatic rings. The molecule has 136 valence electrons. The summed E-state index contributed by atoms with van der Waals surface area (Å²) in [5.74, 6) is 0.682. The third kappa shape index (κ3) is 7.55. The number of hydrogen-bond acceptors (Lipinski definition) is 3. The molecule has 3 nitrogen and oxygen atoms in total. The summed E-state index contributed by atoms with van der Waals surface area (Å²) >= 11 is 1.26. The number of thioether (sulfide) groups is 1. The van der Waals surface area contributed by atoms with Crippen molar-refractivity contribution in [1.82, 2.24) is 0 Å². The predicted octanol–water partition coefficient (Wildman–Crippen LogP) is 6.85. The second-order valence-corrected chi connectivity index (χ2v) is 6.90. The number of unbranched alkanes of at least 4 members (excludes halogenated alkanes) is 7. The third-order valence-electron chi connectivity index (χ3n) is 3.74. The number of benzene rings is 1. The number of nitro groups is 1. The fourth-order valence-electron chi connectivity index (χ4n) is 2.38. The van der Waals surface area contributed by atoms with Gasteiger partial charge in [0, 0.05) is 6.07 Å². The van der Waals surface area contributed by atoms with Gasteiger partial charge >= 0.3 is 6.18 Å². The van der Waals surface area contributed by atoms with Crippen molar-refractivity contribution in [3.05, 3.63) is 33.9 Å². The first-order chi connectivity index (χ1) is 11.4. The maximum Gasteiger partial charge on any atom is 0.416 e. The highest BCUT2D eigenvalue weighted by molar-refractivity contribution is 7.99. The first-order valence-electron chi connectivity index (χ1n) is 8.34. The highest BCUT2D eigenvalue weighted by Gasteiger charge is 2.32. The van der Waals surface area contributed by atoms with Crippen molar-refractivity contribution in [2.45, 2.75) is 69.4 Å². The van der Waals surface area contributed by atoms with E-state index in [1.807, 2.05) is 0 Å². The van der Waals surface area contributed by atoms with Gasteiger partial charge in [0.1, 0.15) is 0 Å². The van der Waals surface area contributed by atoms with Gasteiger partial charge in [-0.1, -0.05) is 51.9 Å². The van der Waals surface area contributed by atoms with Crippen LogP contribution in [0.15, 0.2) is 23.1 Å². The van der Waals surface area contributed by atoms with Crippen LogP contribution in [0, 0.1) is 10.1 Å². The summed E-state index contributed by atoms with van der Waals surface area (Å²) in [6.07, 6.45) is 4.74. The van der Waals surface area contributed by atoms with E-state index in [9.17, 15) is 23.3 Å². The molecule has 0 spiro atoms. The maximum absolute atomic E-state index is 12.6. The third-order valence-corrected chi connectivity index (χ3v) is 4.89. The van der Waals surface area contributed by atoms with Crippen molar-refractivity contribution in [3.8, 4) is 0 Å². The molecule has 0 saturated carbocycles. The van der Waals surface area contributed by atoms with Gasteiger partial charge in [0.05, 0.1) is 15.4 Å². The first kappa shape index (κ1) is 20.8. The number of hydrogen-bond donors (Lipinski definition) is 0. The minimum absolute atomic E-state index is 0.302. The van der Waals surface area contributed by atoms with E-state index in [-0.39, 0.29) is 0 Å². The molecule has 1 aromatic carbocycles. The van der Waals surface area contributed by atoms with Crippen molar-refractivity contribution >= 4 is 17.4 Å². The zero-order chi connectivity index (χ0) is 18.0. The summed E-state index contributed by atoms with van der Waals surface area (Å²) in [5, 5.41) is 11.0. The van der Waals surface area contributed by atoms with E-state index in [0.717, 1.165) is 25.3 Å². The molecule has 0 atom stereocenters. The van der Waals surface area contributed by atoms with Gasteiger partial charge in [0.25, 0.3) is 5.69 Å². The van der Waals surface area contributed by atoms with Crippen molar-refractivity contribution in [3.63, 3.8) is 0 Å². The van der Waals surface area contributed by atoms with Gasteiger partial charge < -0.3 is 0 Å². The number of nitrogens with zero attached hydrogens (tertiary/aromatic N) is 1. The topological polar surface area (TPSA) is 43.1 Å². The van der Waals surface area contributed by atoms with Crippen LogP contribution in [0.4, 0.5) is 18.9 Å². The summed E-state index contributed by atoms with van der Waals surface area (Å²) in [6, 6.07) is 2.73. The van der Waals surface area contributed by atoms with Gasteiger partial charge in [-0.05, 0) is 24.3 Å². The van der Waals surface area contributed by atoms with Crippen molar-refractivity contribution in [2.75, 3.05) is 5.75 Å². The summed E-state index contributed by atoms with van der Waals surface area (Å²) < 4.78 is 37.9. The zero-order valence-corrected chi connectivity index (χ0v) is 14.7. The molecule has 0 radical (unpaired) electrons. The van der Waals surface area contributed by atoms with Crippen molar-refractivity contribution < 1.29 is 18.1 Å². The molecule has 0 aliphatic heterocycles. The average Bonchev–Trinajstić information content (AvgIpc) is 2.52. The monoisotopic (exact) mass is 363 g/mol. The highest BCUT2D eigenvalue weighted by Crippen LogP contribution is 2.36. The molecule has 0 aromatic heterocycles. The smallest absolute Gasteiger partial charge is 0.258 e. The van der Waals surface area contributed by atoms with Crippen LogP contribution in [0.5, 0.6) is 0 Å². The van der Waals surface area contributed by atoms with Crippen LogP contribution in [-0.2, 0) is 6.18 Å². The molecule has 0 heterocycles. The SMILES string of the molecule is CCCCCCCCCCSc1ccc(C(F)(F)F)cc1[N+](=O)[O-]. The van der Waals surface area contributed by atoms with Crippen LogP contribution in [0.25, 0.3) is 0 Å². The van der Waals surface area contributed by atoms with Gasteiger partial charge in [-0.3, -0.25) is 10.1 Å². The lowest BCUT2D eigenvalue weighted by Crippen LogP contribution is -2.06. The first-order valence-corrected chi connectivity index (χ1v) is 9.33. The van der Waals surface area contributed by atoms with Crippen LogP contribution in [0.1, 0.15) is 63.9 Å². The Kier molecular flexibility index (Phi) is 9.18. The molecule has 1 aromatic rings. The van der Waals surface area contributed by atoms with Crippen LogP contribution in [0.3, 0.4) is 0 Å². The Bertz CT molecular complexity index is 521. The second kappa shape index (κ2) is 10.6. The van der Waals surface area contributed by atoms with E-state index in [1.165, 1.54) is 49.9 Å². The Labute approximate surface area is 145 Å². The standard InChI is InChI=1S/C17H24F3NO2S/c1-2-3-4-5-6-7-8-9-12-24-16-11-10-14(17(18,19)20)13-15(16)21(22)23/h10-11,13H,2-9,12H2,1H3. The molecule has 0 amide bonds. The fourth-order valence-corrected chi connectivity index (χ4v) is 3.39. The quantitative estimate of drug-likeness (QED) is 0.187. The molecule has 0 saturated heterocycles. The van der Waals surface area contributed by atoms with Gasteiger partial charge in [0.15, 0.2) is 0 Å². The van der Waals surface area contributed by atoms with E-state index in [1.54, 1.807) is 0 Å². The van der Waals surface area contributed by atoms with E-state index >= 15 is 0 Å². The van der Waals surface area contributed by atoms with Crippen LogP contribution >= 0.6 is 11.8 Å². The summed E-state index contributed by atoms with van der Waals surface area (Å²) in [6.45, 7) is 2.18. The summed E-state index contributed by atoms with van der Waals surface area (Å²) in [7, 11) is 0. The highest BCUT2D eigenvalue weighted by atomic mass is 32.2. The Morgan fingerprint density at radius 3 is 2.17 bits per heavy atom. The molecule has 0 bridgehead atoms. The average molecular weight is 363 g/mol. The molecular formula is C17H24F3NO2S. The molecule has 24 heavy (non-hydrogen) atoms. The van der Waals surface area contributed by atoms with E-state index in [4.69, 9.17) is 0 Å². The Hall–Kier alpha value is -1.24. The molecule has 1 rings (SSSR count). The van der Waals surface area contributed by atoms with E-state index < -0.39 is 22.4 Å². The lowest BCUT2D eigenvalue weighted by molar-refractivity contribution is -0.388. The molecule has 0 N–H and O–H groups in total. The Balaban J connectivity index is 2.41. The van der Waals surface area contributed by atoms with Crippen LogP contribution in [-0.4, -0.2) is 10.7 Å². The number of halogens is 3. The molecular weight excluding hydrogens is 339 g/mol. The van der Waals surface area contributed by atoms with E-state index in [2.05, 4.69) is 6.92 Å². The van der Waals surface area contributed by atoms with Crippen LogP contribution in [0.2, 0.25) is 0 Å². The van der Waals surface area contributed by atoms with Crippen molar-refractivity contribution in [2.24, 2.45) is 0 Å². The molecule has 0 aliphatic carbocycles. The largest absolute Gasteiger partial charge is 0.416 e. The minimum Gasteiger partial charge on any atom is -0.258 e. The normalized spacial score (nSPS) is 11.7. The summed E-state index contributed by atoms with van der Waals surface area (Å²) in [5.41, 5.74) is -1.44. The predicted molar refractivity (Wildman–Crippen MR) is 91.4 cm³/mol. The van der Waals surface area contributed by atoms with Crippen molar-refractivity contribution in [1.29, 1.82) is 0 Å². The molecule has 7 heteroatoms. The zero-order valence-electron chi connectivity index (χ0n) is 13.9. The lowest BCUT2D eigenvalue weighted by Gasteiger charge is -2.08. The molecule has 0 fully saturated rings. The minimum atomic E-state index is -4.56. The maximum atomic E-state index is 12.6. The van der Waals surface area contributed by atoms with Gasteiger partial charge in [-0.2, -0.15) is 13.2 Å². The second-order valence-electron chi connectivity index (χ2n) is 5.76. The van der Waals surface area contributed by atoms with Gasteiger partial charge in [-0.25, -0.2) is 0 Å². The fraction of sp³-hybridized carbons (Fsp3) is 0.647. The van der Waals surface area contributed by atoms with Crippen LogP contribution < -0.4 is 0 Å². The number of alkyl halides is 3. The summed E-state index contributed by atoms with van der Waals surface area (Å²) in [4.78, 5) is 10.5. The Morgan fingerprint density at radius 1 is 1.04 bits per heavy atom.